The van der Waals surface area contributed by atoms with E-state index in [1.807, 2.05) is 0 Å². The summed E-state index contributed by atoms with van der Waals surface area (Å²) in [5, 5.41) is 17.8. The zero-order valence-corrected chi connectivity index (χ0v) is 8.15. The minimum Gasteiger partial charge on any atom is -0.479 e. The van der Waals surface area contributed by atoms with Crippen molar-refractivity contribution in [1.82, 2.24) is 0 Å². The Bertz CT molecular complexity index is 340. The lowest BCUT2D eigenvalue weighted by molar-refractivity contribution is -0.147. The van der Waals surface area contributed by atoms with Gasteiger partial charge in [-0.25, -0.2) is 4.79 Å². The number of carboxylic acids is 1. The average molecular weight is 246 g/mol. The zero-order valence-electron chi connectivity index (χ0n) is 6.57. The van der Waals surface area contributed by atoms with E-state index in [2.05, 4.69) is 15.9 Å². The highest BCUT2D eigenvalue weighted by atomic mass is 79.9. The van der Waals surface area contributed by atoms with Gasteiger partial charge in [-0.2, -0.15) is 0 Å². The molecule has 1 atom stereocenters. The normalized spacial score (nSPS) is 12.5. The predicted octanol–water partition coefficient (Wildman–Crippen LogP) is 1.15. The molecule has 0 heterocycles. The Balaban J connectivity index is 3.12. The Hall–Kier alpha value is -1.07. The summed E-state index contributed by atoms with van der Waals surface area (Å²) in [6, 6.07) is 4.63. The van der Waals surface area contributed by atoms with Crippen LogP contribution < -0.4 is 5.73 Å². The molecule has 0 amide bonds. The lowest BCUT2D eigenvalue weighted by Crippen LogP contribution is -2.11. The Kier molecular flexibility index (Phi) is 2.90. The minimum atomic E-state index is -1.54. The maximum absolute atomic E-state index is 10.5. The van der Waals surface area contributed by atoms with Crippen molar-refractivity contribution in [1.29, 1.82) is 0 Å². The molecule has 0 saturated heterocycles. The number of hydrogen-bond acceptors (Lipinski definition) is 3. The second-order valence-electron chi connectivity index (χ2n) is 2.52. The van der Waals surface area contributed by atoms with Crippen LogP contribution in [0.3, 0.4) is 0 Å². The van der Waals surface area contributed by atoms with Crippen molar-refractivity contribution in [3.8, 4) is 0 Å². The van der Waals surface area contributed by atoms with Gasteiger partial charge in [0.05, 0.1) is 0 Å². The Morgan fingerprint density at radius 2 is 2.15 bits per heavy atom. The third-order valence-corrected chi connectivity index (χ3v) is 2.27. The van der Waals surface area contributed by atoms with E-state index in [1.54, 1.807) is 12.1 Å². The summed E-state index contributed by atoms with van der Waals surface area (Å²) in [6.45, 7) is 0. The number of aliphatic hydroxyl groups is 1. The maximum Gasteiger partial charge on any atom is 0.337 e. The fourth-order valence-electron chi connectivity index (χ4n) is 0.905. The number of aliphatic hydroxyl groups excluding tert-OH is 1. The first-order valence-corrected chi connectivity index (χ1v) is 4.27. The summed E-state index contributed by atoms with van der Waals surface area (Å²) in [5.41, 5.74) is 6.11. The molecule has 0 fully saturated rings. The van der Waals surface area contributed by atoms with Crippen molar-refractivity contribution >= 4 is 27.6 Å². The van der Waals surface area contributed by atoms with Gasteiger partial charge < -0.3 is 15.9 Å². The first-order chi connectivity index (χ1) is 6.02. The Morgan fingerprint density at radius 3 is 2.69 bits per heavy atom. The molecule has 70 valence electrons. The molecule has 4 nitrogen and oxygen atoms in total. The summed E-state index contributed by atoms with van der Waals surface area (Å²) >= 11 is 3.12. The molecule has 1 rings (SSSR count). The van der Waals surface area contributed by atoms with E-state index >= 15 is 0 Å². The summed E-state index contributed by atoms with van der Waals surface area (Å²) in [4.78, 5) is 10.5. The standard InChI is InChI=1S/C8H8BrNO3/c9-6-2-1-4(10)3-5(6)7(11)8(12)13/h1-3,7,11H,10H2,(H,12,13). The smallest absolute Gasteiger partial charge is 0.337 e. The molecule has 0 saturated carbocycles. The quantitative estimate of drug-likeness (QED) is 0.683. The number of benzene rings is 1. The second kappa shape index (κ2) is 3.76. The van der Waals surface area contributed by atoms with Gasteiger partial charge in [0.2, 0.25) is 0 Å². The summed E-state index contributed by atoms with van der Waals surface area (Å²) < 4.78 is 0.525. The lowest BCUT2D eigenvalue weighted by Gasteiger charge is -2.08. The molecule has 1 aromatic rings. The Labute approximate surface area is 83.1 Å². The van der Waals surface area contributed by atoms with Crippen molar-refractivity contribution in [2.45, 2.75) is 6.10 Å². The molecule has 0 bridgehead atoms. The van der Waals surface area contributed by atoms with E-state index < -0.39 is 12.1 Å². The van der Waals surface area contributed by atoms with Crippen LogP contribution in [0.2, 0.25) is 0 Å². The van der Waals surface area contributed by atoms with Crippen LogP contribution in [0.5, 0.6) is 0 Å². The van der Waals surface area contributed by atoms with Crippen molar-refractivity contribution < 1.29 is 15.0 Å². The molecule has 0 aliphatic rings. The van der Waals surface area contributed by atoms with Gasteiger partial charge in [0.1, 0.15) is 0 Å². The maximum atomic E-state index is 10.5. The molecule has 13 heavy (non-hydrogen) atoms. The van der Waals surface area contributed by atoms with Gasteiger partial charge in [-0.3, -0.25) is 0 Å². The van der Waals surface area contributed by atoms with Crippen LogP contribution in [-0.4, -0.2) is 16.2 Å². The third-order valence-electron chi connectivity index (χ3n) is 1.55. The van der Waals surface area contributed by atoms with E-state index in [4.69, 9.17) is 10.8 Å². The third kappa shape index (κ3) is 2.19. The first-order valence-electron chi connectivity index (χ1n) is 3.48. The predicted molar refractivity (Wildman–Crippen MR) is 51.2 cm³/mol. The van der Waals surface area contributed by atoms with Crippen LogP contribution in [0, 0.1) is 0 Å². The van der Waals surface area contributed by atoms with Crippen LogP contribution in [0.15, 0.2) is 22.7 Å². The highest BCUT2D eigenvalue weighted by molar-refractivity contribution is 9.10. The number of halogens is 1. The molecular formula is C8H8BrNO3. The number of anilines is 1. The molecule has 0 radical (unpaired) electrons. The number of nitrogen functional groups attached to an aromatic ring is 1. The van der Waals surface area contributed by atoms with Gasteiger partial charge in [-0.1, -0.05) is 15.9 Å². The summed E-state index contributed by atoms with van der Waals surface area (Å²) in [7, 11) is 0. The number of carboxylic acid groups (broad SMARTS) is 1. The van der Waals surface area contributed by atoms with Crippen molar-refractivity contribution in [3.05, 3.63) is 28.2 Å². The SMILES string of the molecule is Nc1ccc(Br)c(C(O)C(=O)O)c1. The molecule has 0 spiro atoms. The molecule has 0 aromatic heterocycles. The average Bonchev–Trinajstić information content (AvgIpc) is 2.08. The van der Waals surface area contributed by atoms with Gasteiger partial charge in [-0.05, 0) is 18.2 Å². The highest BCUT2D eigenvalue weighted by Crippen LogP contribution is 2.25. The molecule has 4 N–H and O–H groups in total. The largest absolute Gasteiger partial charge is 0.479 e. The van der Waals surface area contributed by atoms with Gasteiger partial charge in [0.15, 0.2) is 6.10 Å². The van der Waals surface area contributed by atoms with Crippen molar-refractivity contribution in [2.75, 3.05) is 5.73 Å². The van der Waals surface area contributed by atoms with E-state index in [-0.39, 0.29) is 5.56 Å². The van der Waals surface area contributed by atoms with Crippen LogP contribution in [0.1, 0.15) is 11.7 Å². The topological polar surface area (TPSA) is 83.5 Å². The molecule has 1 unspecified atom stereocenters. The molecule has 0 aliphatic carbocycles. The fourth-order valence-corrected chi connectivity index (χ4v) is 1.37. The van der Waals surface area contributed by atoms with Crippen LogP contribution in [-0.2, 0) is 4.79 Å². The van der Waals surface area contributed by atoms with Gasteiger partial charge in [0.25, 0.3) is 0 Å². The second-order valence-corrected chi connectivity index (χ2v) is 3.38. The number of rotatable bonds is 2. The van der Waals surface area contributed by atoms with Crippen LogP contribution in [0.4, 0.5) is 5.69 Å². The Morgan fingerprint density at radius 1 is 1.54 bits per heavy atom. The molecule has 5 heteroatoms. The van der Waals surface area contributed by atoms with E-state index in [1.165, 1.54) is 6.07 Å². The van der Waals surface area contributed by atoms with E-state index in [9.17, 15) is 9.90 Å². The van der Waals surface area contributed by atoms with Crippen LogP contribution >= 0.6 is 15.9 Å². The van der Waals surface area contributed by atoms with Gasteiger partial charge in [-0.15, -0.1) is 0 Å². The summed E-state index contributed by atoms with van der Waals surface area (Å²) in [6.07, 6.45) is -1.54. The number of nitrogens with two attached hydrogens (primary N) is 1. The fraction of sp³-hybridized carbons (Fsp3) is 0.125. The van der Waals surface area contributed by atoms with Crippen LogP contribution in [0.25, 0.3) is 0 Å². The highest BCUT2D eigenvalue weighted by Gasteiger charge is 2.18. The number of carbonyl (C=O) groups is 1. The minimum absolute atomic E-state index is 0.257. The van der Waals surface area contributed by atoms with Crippen molar-refractivity contribution in [2.24, 2.45) is 0 Å². The monoisotopic (exact) mass is 245 g/mol. The number of hydrogen-bond donors (Lipinski definition) is 3. The zero-order chi connectivity index (χ0) is 10.0. The van der Waals surface area contributed by atoms with Crippen molar-refractivity contribution in [3.63, 3.8) is 0 Å². The first kappa shape index (κ1) is 10.0. The lowest BCUT2D eigenvalue weighted by atomic mass is 10.1. The molecular weight excluding hydrogens is 238 g/mol. The van der Waals surface area contributed by atoms with Gasteiger partial charge >= 0.3 is 5.97 Å². The van der Waals surface area contributed by atoms with E-state index in [0.717, 1.165) is 0 Å². The van der Waals surface area contributed by atoms with E-state index in [0.29, 0.717) is 10.2 Å². The number of aliphatic carboxylic acids is 1. The molecule has 1 aromatic carbocycles. The van der Waals surface area contributed by atoms with Gasteiger partial charge in [0, 0.05) is 15.7 Å². The molecule has 0 aliphatic heterocycles. The summed E-state index contributed by atoms with van der Waals surface area (Å²) in [5.74, 6) is -1.30.